The summed E-state index contributed by atoms with van der Waals surface area (Å²) in [5, 5.41) is 0. The third kappa shape index (κ3) is 3.69. The fraction of sp³-hybridized carbons (Fsp3) is 0.105. The first-order valence-corrected chi connectivity index (χ1v) is 8.72. The summed E-state index contributed by atoms with van der Waals surface area (Å²) in [5.74, 6) is 0.00305. The molecule has 0 aliphatic heterocycles. The molecule has 0 saturated heterocycles. The molecule has 3 aromatic rings. The Hall–Kier alpha value is -2.50. The minimum absolute atomic E-state index is 0.00305. The number of nitrogens with zero attached hydrogens (tertiary/aromatic N) is 1. The first kappa shape index (κ1) is 16.4. The van der Waals surface area contributed by atoms with Crippen molar-refractivity contribution in [3.05, 3.63) is 88.3 Å². The lowest BCUT2D eigenvalue weighted by Crippen LogP contribution is -2.16. The number of rotatable bonds is 4. The monoisotopic (exact) mass is 338 g/mol. The molecule has 0 aliphatic rings. The number of benzene rings is 2. The fourth-order valence-electron chi connectivity index (χ4n) is 2.57. The third-order valence-corrected chi connectivity index (χ3v) is 4.33. The van der Waals surface area contributed by atoms with E-state index in [1.807, 2.05) is 43.3 Å². The van der Waals surface area contributed by atoms with Gasteiger partial charge in [-0.25, -0.2) is 0 Å². The van der Waals surface area contributed by atoms with Gasteiger partial charge < -0.3 is 4.55 Å². The van der Waals surface area contributed by atoms with E-state index >= 15 is 0 Å². The van der Waals surface area contributed by atoms with Crippen LogP contribution >= 0.6 is 0 Å². The molecule has 0 bridgehead atoms. The minimum Gasteiger partial charge on any atom is -0.772 e. The Morgan fingerprint density at radius 1 is 1.00 bits per heavy atom. The van der Waals surface area contributed by atoms with Crippen LogP contribution < -0.4 is 5.56 Å². The number of hydrogen-bond acceptors (Lipinski definition) is 3. The maximum atomic E-state index is 12.2. The number of aromatic nitrogens is 1. The molecule has 3 rings (SSSR count). The molecule has 0 aliphatic carbocycles. The highest BCUT2D eigenvalue weighted by atomic mass is 32.2. The summed E-state index contributed by atoms with van der Waals surface area (Å²) in [7, 11) is 0. The predicted octanol–water partition coefficient (Wildman–Crippen LogP) is 3.19. The molecule has 0 radical (unpaired) electrons. The maximum Gasteiger partial charge on any atom is 0.255 e. The first-order valence-electron chi connectivity index (χ1n) is 7.48. The van der Waals surface area contributed by atoms with Crippen LogP contribution in [0.15, 0.2) is 71.7 Å². The van der Waals surface area contributed by atoms with Crippen LogP contribution in [0.4, 0.5) is 0 Å². The maximum absolute atomic E-state index is 12.2. The van der Waals surface area contributed by atoms with E-state index in [0.29, 0.717) is 0 Å². The lowest BCUT2D eigenvalue weighted by molar-refractivity contribution is 0.536. The zero-order valence-electron chi connectivity index (χ0n) is 13.1. The summed E-state index contributed by atoms with van der Waals surface area (Å²) in [6.07, 6.45) is 1.80. The average molecular weight is 338 g/mol. The van der Waals surface area contributed by atoms with Crippen molar-refractivity contribution >= 4 is 11.1 Å². The van der Waals surface area contributed by atoms with Crippen molar-refractivity contribution in [2.45, 2.75) is 12.7 Å². The van der Waals surface area contributed by atoms with Crippen molar-refractivity contribution in [1.29, 1.82) is 0 Å². The highest BCUT2D eigenvalue weighted by molar-refractivity contribution is 7.78. The van der Waals surface area contributed by atoms with Crippen LogP contribution in [0.2, 0.25) is 0 Å². The molecule has 4 nitrogen and oxygen atoms in total. The summed E-state index contributed by atoms with van der Waals surface area (Å²) in [4.78, 5) is 12.2. The molecule has 24 heavy (non-hydrogen) atoms. The van der Waals surface area contributed by atoms with Gasteiger partial charge in [-0.1, -0.05) is 47.5 Å². The van der Waals surface area contributed by atoms with Gasteiger partial charge >= 0.3 is 0 Å². The van der Waals surface area contributed by atoms with Gasteiger partial charge in [0.1, 0.15) is 0 Å². The average Bonchev–Trinajstić information content (AvgIpc) is 2.55. The number of aryl methyl sites for hydroxylation is 1. The lowest BCUT2D eigenvalue weighted by atomic mass is 10.1. The van der Waals surface area contributed by atoms with Crippen LogP contribution in [0.5, 0.6) is 0 Å². The van der Waals surface area contributed by atoms with E-state index in [2.05, 4.69) is 0 Å². The molecule has 0 spiro atoms. The van der Waals surface area contributed by atoms with Crippen LogP contribution in [0.25, 0.3) is 16.8 Å². The Morgan fingerprint density at radius 2 is 1.71 bits per heavy atom. The van der Waals surface area contributed by atoms with Crippen LogP contribution in [0.3, 0.4) is 0 Å². The molecule has 1 aromatic heterocycles. The van der Waals surface area contributed by atoms with Crippen LogP contribution in [0, 0.1) is 6.92 Å². The summed E-state index contributed by atoms with van der Waals surface area (Å²) >= 11 is -2.10. The van der Waals surface area contributed by atoms with E-state index in [0.717, 1.165) is 27.9 Å². The quantitative estimate of drug-likeness (QED) is 0.686. The van der Waals surface area contributed by atoms with Gasteiger partial charge in [-0.2, -0.15) is 0 Å². The summed E-state index contributed by atoms with van der Waals surface area (Å²) in [5.41, 5.74) is 4.37. The van der Waals surface area contributed by atoms with Crippen LogP contribution in [-0.4, -0.2) is 13.3 Å². The molecule has 2 aromatic carbocycles. The summed E-state index contributed by atoms with van der Waals surface area (Å²) < 4.78 is 23.1. The number of hydrogen-bond donors (Lipinski definition) is 0. The van der Waals surface area contributed by atoms with Gasteiger partial charge in [0.05, 0.1) is 0 Å². The van der Waals surface area contributed by atoms with Crippen molar-refractivity contribution in [2.75, 3.05) is 0 Å². The molecule has 5 heteroatoms. The predicted molar refractivity (Wildman–Crippen MR) is 94.8 cm³/mol. The summed E-state index contributed by atoms with van der Waals surface area (Å²) in [6.45, 7) is 1.98. The van der Waals surface area contributed by atoms with E-state index in [4.69, 9.17) is 0 Å². The third-order valence-electron chi connectivity index (χ3n) is 3.76. The van der Waals surface area contributed by atoms with E-state index < -0.39 is 11.1 Å². The second kappa shape index (κ2) is 6.95. The Balaban J connectivity index is 1.99. The Labute approximate surface area is 142 Å². The van der Waals surface area contributed by atoms with Crippen molar-refractivity contribution in [3.63, 3.8) is 0 Å². The summed E-state index contributed by atoms with van der Waals surface area (Å²) in [6, 6.07) is 18.4. The SMILES string of the molecule is Cc1cccc(-n2cc(-c3ccc(CS(=O)[O-])cc3)ccc2=O)c1. The molecule has 1 atom stereocenters. The van der Waals surface area contributed by atoms with Gasteiger partial charge in [0.25, 0.3) is 5.56 Å². The molecule has 122 valence electrons. The fourth-order valence-corrected chi connectivity index (χ4v) is 3.03. The Morgan fingerprint density at radius 3 is 2.38 bits per heavy atom. The lowest BCUT2D eigenvalue weighted by Gasteiger charge is -2.10. The van der Waals surface area contributed by atoms with Gasteiger partial charge in [0, 0.05) is 23.7 Å². The van der Waals surface area contributed by atoms with E-state index in [1.54, 1.807) is 29.0 Å². The van der Waals surface area contributed by atoms with Crippen LogP contribution in [-0.2, 0) is 16.8 Å². The van der Waals surface area contributed by atoms with Gasteiger partial charge in [-0.05, 0) is 47.4 Å². The molecule has 1 heterocycles. The standard InChI is InChI=1S/C19H17NO3S/c1-14-3-2-4-18(11-14)20-12-17(9-10-19(20)21)16-7-5-15(6-8-16)13-24(22)23/h2-12H,13H2,1H3,(H,22,23)/p-1. The topological polar surface area (TPSA) is 62.1 Å². The zero-order chi connectivity index (χ0) is 17.1. The van der Waals surface area contributed by atoms with Crippen LogP contribution in [0.1, 0.15) is 11.1 Å². The molecule has 0 saturated carbocycles. The molecule has 0 amide bonds. The highest BCUT2D eigenvalue weighted by Gasteiger charge is 2.04. The van der Waals surface area contributed by atoms with E-state index in [1.165, 1.54) is 6.07 Å². The van der Waals surface area contributed by atoms with Crippen molar-refractivity contribution < 1.29 is 8.76 Å². The van der Waals surface area contributed by atoms with Gasteiger partial charge in [-0.3, -0.25) is 13.6 Å². The molecule has 1 unspecified atom stereocenters. The largest absolute Gasteiger partial charge is 0.772 e. The van der Waals surface area contributed by atoms with Crippen molar-refractivity contribution in [2.24, 2.45) is 0 Å². The molecular formula is C19H16NO3S-. The molecule has 0 fully saturated rings. The smallest absolute Gasteiger partial charge is 0.255 e. The van der Waals surface area contributed by atoms with Crippen molar-refractivity contribution in [1.82, 2.24) is 4.57 Å². The normalized spacial score (nSPS) is 12.1. The second-order valence-corrected chi connectivity index (χ2v) is 6.51. The van der Waals surface area contributed by atoms with E-state index in [9.17, 15) is 13.6 Å². The van der Waals surface area contributed by atoms with Gasteiger partial charge in [0.2, 0.25) is 0 Å². The Bertz CT molecular complexity index is 945. The minimum atomic E-state index is -2.10. The number of pyridine rings is 1. The van der Waals surface area contributed by atoms with E-state index in [-0.39, 0.29) is 11.3 Å². The molecular weight excluding hydrogens is 322 g/mol. The van der Waals surface area contributed by atoms with Gasteiger partial charge in [0.15, 0.2) is 0 Å². The van der Waals surface area contributed by atoms with Crippen molar-refractivity contribution in [3.8, 4) is 16.8 Å². The first-order chi connectivity index (χ1) is 11.5. The highest BCUT2D eigenvalue weighted by Crippen LogP contribution is 2.20. The zero-order valence-corrected chi connectivity index (χ0v) is 14.0. The Kier molecular flexibility index (Phi) is 4.74. The molecule has 0 N–H and O–H groups in total. The van der Waals surface area contributed by atoms with Gasteiger partial charge in [-0.15, -0.1) is 0 Å². The second-order valence-electron chi connectivity index (χ2n) is 5.61.